The van der Waals surface area contributed by atoms with E-state index in [1.807, 2.05) is 0 Å². The summed E-state index contributed by atoms with van der Waals surface area (Å²) in [6, 6.07) is 2.08. The molecule has 18 heavy (non-hydrogen) atoms. The highest BCUT2D eigenvalue weighted by atomic mass is 32.1. The number of benzene rings is 1. The Hall–Kier alpha value is -1.76. The lowest BCUT2D eigenvalue weighted by molar-refractivity contribution is -0.137. The van der Waals surface area contributed by atoms with Crippen molar-refractivity contribution in [3.8, 4) is 10.6 Å². The van der Waals surface area contributed by atoms with Gasteiger partial charge in [-0.2, -0.15) is 13.2 Å². The lowest BCUT2D eigenvalue weighted by Gasteiger charge is -2.08. The number of hydrogen-bond acceptors (Lipinski definition) is 3. The normalized spacial score (nSPS) is 11.6. The highest BCUT2D eigenvalue weighted by Gasteiger charge is 2.31. The first-order chi connectivity index (χ1) is 8.41. The molecule has 2 rings (SSSR count). The zero-order valence-corrected chi connectivity index (χ0v) is 9.48. The van der Waals surface area contributed by atoms with E-state index in [-0.39, 0.29) is 15.4 Å². The van der Waals surface area contributed by atoms with Crippen LogP contribution in [0, 0.1) is 5.82 Å². The molecule has 0 aliphatic heterocycles. The summed E-state index contributed by atoms with van der Waals surface area (Å²) in [5, 5.41) is 0.0423. The van der Waals surface area contributed by atoms with Crippen molar-refractivity contribution in [1.29, 1.82) is 0 Å². The van der Waals surface area contributed by atoms with Crippen molar-refractivity contribution in [3.63, 3.8) is 0 Å². The second-order valence-corrected chi connectivity index (χ2v) is 4.44. The number of alkyl halides is 3. The summed E-state index contributed by atoms with van der Waals surface area (Å²) < 4.78 is 50.9. The highest BCUT2D eigenvalue weighted by Crippen LogP contribution is 2.34. The molecular formula is C11H5F4NOS. The van der Waals surface area contributed by atoms with Crippen molar-refractivity contribution in [1.82, 2.24) is 4.98 Å². The quantitative estimate of drug-likeness (QED) is 0.616. The number of hydrogen-bond donors (Lipinski definition) is 0. The van der Waals surface area contributed by atoms with Gasteiger partial charge in [0.15, 0.2) is 6.29 Å². The molecule has 0 unspecified atom stereocenters. The zero-order valence-electron chi connectivity index (χ0n) is 8.66. The lowest BCUT2D eigenvalue weighted by atomic mass is 10.1. The molecule has 2 nitrogen and oxygen atoms in total. The van der Waals surface area contributed by atoms with Crippen LogP contribution in [0.1, 0.15) is 15.2 Å². The first kappa shape index (κ1) is 12.7. The van der Waals surface area contributed by atoms with E-state index < -0.39 is 17.6 Å². The van der Waals surface area contributed by atoms with Gasteiger partial charge in [-0.3, -0.25) is 4.79 Å². The predicted octanol–water partition coefficient (Wildman–Crippen LogP) is 3.78. The second kappa shape index (κ2) is 4.49. The third kappa shape index (κ3) is 2.40. The number of rotatable bonds is 2. The zero-order chi connectivity index (χ0) is 13.3. The largest absolute Gasteiger partial charge is 0.416 e. The van der Waals surface area contributed by atoms with Crippen molar-refractivity contribution in [2.24, 2.45) is 0 Å². The number of aldehydes is 1. The van der Waals surface area contributed by atoms with Crippen LogP contribution < -0.4 is 0 Å². The Kier molecular flexibility index (Phi) is 3.16. The summed E-state index contributed by atoms with van der Waals surface area (Å²) in [7, 11) is 0. The number of nitrogens with zero attached hydrogens (tertiary/aromatic N) is 1. The van der Waals surface area contributed by atoms with Crippen molar-refractivity contribution in [3.05, 3.63) is 40.7 Å². The molecule has 0 bridgehead atoms. The molecule has 0 saturated heterocycles. The highest BCUT2D eigenvalue weighted by molar-refractivity contribution is 7.16. The van der Waals surface area contributed by atoms with Crippen LogP contribution in [0.25, 0.3) is 10.6 Å². The van der Waals surface area contributed by atoms with Gasteiger partial charge in [0.2, 0.25) is 0 Å². The molecule has 0 N–H and O–H groups in total. The minimum absolute atomic E-state index is 0.0423. The maximum absolute atomic E-state index is 13.5. The fourth-order valence-electron chi connectivity index (χ4n) is 1.33. The van der Waals surface area contributed by atoms with Crippen LogP contribution in [0.3, 0.4) is 0 Å². The maximum atomic E-state index is 13.5. The van der Waals surface area contributed by atoms with Gasteiger partial charge in [-0.1, -0.05) is 0 Å². The second-order valence-electron chi connectivity index (χ2n) is 3.38. The third-order valence-corrected chi connectivity index (χ3v) is 3.12. The summed E-state index contributed by atoms with van der Waals surface area (Å²) in [6.07, 6.45) is -2.85. The van der Waals surface area contributed by atoms with Crippen molar-refractivity contribution in [2.45, 2.75) is 6.18 Å². The number of aromatic nitrogens is 1. The van der Waals surface area contributed by atoms with Crippen LogP contribution in [0.2, 0.25) is 0 Å². The standard InChI is InChI=1S/C11H5F4NOS/c12-9-2-1-6(11(13,14)15)3-8(9)10-16-4-7(5-17)18-10/h1-5H. The van der Waals surface area contributed by atoms with Crippen molar-refractivity contribution >= 4 is 17.6 Å². The Morgan fingerprint density at radius 2 is 2.00 bits per heavy atom. The minimum atomic E-state index is -4.55. The SMILES string of the molecule is O=Cc1cnc(-c2cc(C(F)(F)F)ccc2F)s1. The first-order valence-corrected chi connectivity index (χ1v) is 5.51. The third-order valence-electron chi connectivity index (χ3n) is 2.16. The van der Waals surface area contributed by atoms with E-state index >= 15 is 0 Å². The average Bonchev–Trinajstić information content (AvgIpc) is 2.76. The van der Waals surface area contributed by atoms with E-state index in [1.54, 1.807) is 0 Å². The van der Waals surface area contributed by atoms with Gasteiger partial charge < -0.3 is 0 Å². The topological polar surface area (TPSA) is 30.0 Å². The molecule has 1 aromatic heterocycles. The predicted molar refractivity (Wildman–Crippen MR) is 57.9 cm³/mol. The number of carbonyl (C=O) groups is 1. The molecule has 94 valence electrons. The van der Waals surface area contributed by atoms with E-state index in [4.69, 9.17) is 0 Å². The number of thiazole rings is 1. The monoisotopic (exact) mass is 275 g/mol. The minimum Gasteiger partial charge on any atom is -0.297 e. The molecule has 0 saturated carbocycles. The van der Waals surface area contributed by atoms with Gasteiger partial charge in [0.25, 0.3) is 0 Å². The molecule has 2 aromatic rings. The summed E-state index contributed by atoms with van der Waals surface area (Å²) in [5.41, 5.74) is -1.22. The van der Waals surface area contributed by atoms with E-state index in [0.717, 1.165) is 17.4 Å². The van der Waals surface area contributed by atoms with Gasteiger partial charge in [0, 0.05) is 11.8 Å². The average molecular weight is 275 g/mol. The van der Waals surface area contributed by atoms with Gasteiger partial charge in [-0.05, 0) is 18.2 Å². The van der Waals surface area contributed by atoms with Crippen LogP contribution in [-0.2, 0) is 6.18 Å². The van der Waals surface area contributed by atoms with Gasteiger partial charge in [-0.15, -0.1) is 11.3 Å². The maximum Gasteiger partial charge on any atom is 0.416 e. The van der Waals surface area contributed by atoms with E-state index in [1.165, 1.54) is 6.20 Å². The Labute approximate surface area is 103 Å². The fraction of sp³-hybridized carbons (Fsp3) is 0.0909. The number of halogens is 4. The Morgan fingerprint density at radius 1 is 1.28 bits per heavy atom. The van der Waals surface area contributed by atoms with Crippen LogP contribution >= 0.6 is 11.3 Å². The van der Waals surface area contributed by atoms with Gasteiger partial charge in [-0.25, -0.2) is 9.37 Å². The van der Waals surface area contributed by atoms with Crippen LogP contribution in [-0.4, -0.2) is 11.3 Å². The summed E-state index contributed by atoms with van der Waals surface area (Å²) in [4.78, 5) is 14.4. The molecule has 0 atom stereocenters. The van der Waals surface area contributed by atoms with E-state index in [0.29, 0.717) is 18.4 Å². The Morgan fingerprint density at radius 3 is 2.56 bits per heavy atom. The Balaban J connectivity index is 2.52. The fourth-order valence-corrected chi connectivity index (χ4v) is 2.08. The van der Waals surface area contributed by atoms with Gasteiger partial charge in [0.05, 0.1) is 10.4 Å². The summed E-state index contributed by atoms with van der Waals surface area (Å²) in [5.74, 6) is -0.810. The molecule has 0 fully saturated rings. The molecule has 1 aromatic carbocycles. The number of carbonyl (C=O) groups excluding carboxylic acids is 1. The molecule has 7 heteroatoms. The Bertz CT molecular complexity index is 591. The summed E-state index contributed by atoms with van der Waals surface area (Å²) >= 11 is 0.833. The van der Waals surface area contributed by atoms with Gasteiger partial charge in [0.1, 0.15) is 10.8 Å². The van der Waals surface area contributed by atoms with E-state index in [2.05, 4.69) is 4.98 Å². The molecule has 0 aliphatic rings. The molecular weight excluding hydrogens is 270 g/mol. The first-order valence-electron chi connectivity index (χ1n) is 4.70. The molecule has 0 spiro atoms. The van der Waals surface area contributed by atoms with Gasteiger partial charge >= 0.3 is 6.18 Å². The van der Waals surface area contributed by atoms with Crippen LogP contribution in [0.5, 0.6) is 0 Å². The van der Waals surface area contributed by atoms with Crippen LogP contribution in [0.15, 0.2) is 24.4 Å². The van der Waals surface area contributed by atoms with Crippen molar-refractivity contribution in [2.75, 3.05) is 0 Å². The molecule has 0 radical (unpaired) electrons. The smallest absolute Gasteiger partial charge is 0.297 e. The van der Waals surface area contributed by atoms with Crippen molar-refractivity contribution < 1.29 is 22.4 Å². The molecule has 0 amide bonds. The lowest BCUT2D eigenvalue weighted by Crippen LogP contribution is -2.05. The molecule has 1 heterocycles. The molecule has 0 aliphatic carbocycles. The summed E-state index contributed by atoms with van der Waals surface area (Å²) in [6.45, 7) is 0. The van der Waals surface area contributed by atoms with Crippen LogP contribution in [0.4, 0.5) is 17.6 Å². The van der Waals surface area contributed by atoms with E-state index in [9.17, 15) is 22.4 Å².